The van der Waals surface area contributed by atoms with Crippen LogP contribution in [0.25, 0.3) is 11.1 Å². The molecule has 5 rings (SSSR count). The Bertz CT molecular complexity index is 1710. The van der Waals surface area contributed by atoms with Gasteiger partial charge in [0, 0.05) is 6.42 Å². The van der Waals surface area contributed by atoms with Crippen molar-refractivity contribution in [2.45, 2.75) is 60.7 Å². The number of ether oxygens (including phenoxy) is 1. The van der Waals surface area contributed by atoms with E-state index in [0.29, 0.717) is 46.4 Å². The number of nitrogens with one attached hydrogen (secondary N) is 1. The molecule has 45 heavy (non-hydrogen) atoms. The number of amides is 1. The van der Waals surface area contributed by atoms with Crippen molar-refractivity contribution in [2.75, 3.05) is 5.32 Å². The molecule has 2 heterocycles. The quantitative estimate of drug-likeness (QED) is 0.128. The molecule has 2 aliphatic heterocycles. The summed E-state index contributed by atoms with van der Waals surface area (Å²) in [7, 11) is -5.25. The van der Waals surface area contributed by atoms with Crippen LogP contribution in [0.3, 0.4) is 0 Å². The van der Waals surface area contributed by atoms with E-state index in [0.717, 1.165) is 18.2 Å². The fourth-order valence-corrected chi connectivity index (χ4v) is 8.46. The first-order valence-corrected chi connectivity index (χ1v) is 17.7. The van der Waals surface area contributed by atoms with E-state index in [1.165, 1.54) is 12.1 Å². The molecule has 1 amide bonds. The van der Waals surface area contributed by atoms with Crippen LogP contribution in [0.5, 0.6) is 5.75 Å². The Labute approximate surface area is 265 Å². The fourth-order valence-electron chi connectivity index (χ4n) is 6.03. The maximum atomic E-state index is 13.3. The molecule has 3 unspecified atom stereocenters. The number of carbonyl (C=O) groups is 1. The zero-order valence-electron chi connectivity index (χ0n) is 23.8. The van der Waals surface area contributed by atoms with Gasteiger partial charge in [-0.1, -0.05) is 42.5 Å². The van der Waals surface area contributed by atoms with Gasteiger partial charge in [0.1, 0.15) is 16.6 Å². The first-order valence-electron chi connectivity index (χ1n) is 14.1. The third kappa shape index (κ3) is 7.11. The Morgan fingerprint density at radius 2 is 1.69 bits per heavy atom. The van der Waals surface area contributed by atoms with Crippen molar-refractivity contribution in [3.8, 4) is 10.7 Å². The minimum absolute atomic E-state index is 0.00451. The zero-order chi connectivity index (χ0) is 32.2. The van der Waals surface area contributed by atoms with Crippen molar-refractivity contribution in [1.29, 1.82) is 5.26 Å². The average Bonchev–Trinajstić information content (AvgIpc) is 3.55. The topological polar surface area (TPSA) is 126 Å². The molecular weight excluding hydrogens is 676 g/mol. The molecule has 1 saturated heterocycles. The summed E-state index contributed by atoms with van der Waals surface area (Å²) in [5.41, 5.74) is 0.981. The molecule has 3 aromatic carbocycles. The van der Waals surface area contributed by atoms with Crippen LogP contribution in [0, 0.1) is 10.2 Å². The van der Waals surface area contributed by atoms with Crippen LogP contribution in [0.4, 0.5) is 18.9 Å². The summed E-state index contributed by atoms with van der Waals surface area (Å²) in [4.78, 5) is 14.7. The molecule has 236 valence electrons. The van der Waals surface area contributed by atoms with Gasteiger partial charge in [-0.15, -0.1) is 13.2 Å². The number of alkyl halides is 3. The second kappa shape index (κ2) is 13.4. The van der Waals surface area contributed by atoms with Crippen LogP contribution in [0.2, 0.25) is 5.32 Å². The summed E-state index contributed by atoms with van der Waals surface area (Å²) in [6.07, 6.45) is -3.90. The van der Waals surface area contributed by atoms with E-state index in [1.807, 2.05) is 0 Å². The number of phenols is 1. The van der Waals surface area contributed by atoms with E-state index >= 15 is 0 Å². The number of fused-ring (bicyclic) bond motifs is 2. The molecule has 2 N–H and O–H groups in total. The fraction of sp³-hybridized carbons (Fsp3) is 0.312. The number of halogens is 3. The molecule has 3 atom stereocenters. The van der Waals surface area contributed by atoms with Crippen LogP contribution in [0.15, 0.2) is 78.9 Å². The summed E-state index contributed by atoms with van der Waals surface area (Å²) >= 11 is -0.0277. The van der Waals surface area contributed by atoms with Gasteiger partial charge in [0.05, 0.1) is 6.10 Å². The number of aromatic hydroxyl groups is 1. The van der Waals surface area contributed by atoms with E-state index in [9.17, 15) is 31.5 Å². The van der Waals surface area contributed by atoms with Gasteiger partial charge >= 0.3 is 120 Å². The molecule has 0 aliphatic carbocycles. The monoisotopic (exact) mass is 706 g/mol. The second-order valence-corrected chi connectivity index (χ2v) is 14.2. The van der Waals surface area contributed by atoms with Crippen molar-refractivity contribution in [3.63, 3.8) is 0 Å². The van der Waals surface area contributed by atoms with Gasteiger partial charge in [-0.2, -0.15) is 12.6 Å². The molecule has 2 aliphatic rings. The Hall–Kier alpha value is -3.66. The van der Waals surface area contributed by atoms with Gasteiger partial charge in [0.15, 0.2) is 0 Å². The summed E-state index contributed by atoms with van der Waals surface area (Å²) < 4.78 is 76.8. The molecule has 0 aromatic heterocycles. The Balaban J connectivity index is 1.54. The maximum absolute atomic E-state index is 13.3. The Kier molecular flexibility index (Phi) is 9.72. The Morgan fingerprint density at radius 3 is 2.33 bits per heavy atom. The van der Waals surface area contributed by atoms with Crippen molar-refractivity contribution >= 4 is 47.8 Å². The zero-order valence-corrected chi connectivity index (χ0v) is 26.3. The molecule has 13 heteroatoms. The van der Waals surface area contributed by atoms with Crippen LogP contribution in [-0.2, 0) is 29.4 Å². The molecule has 0 saturated carbocycles. The normalized spacial score (nSPS) is 21.1. The van der Waals surface area contributed by atoms with Crippen molar-refractivity contribution < 1.29 is 40.4 Å². The molecule has 3 aromatic rings. The first-order chi connectivity index (χ1) is 21.4. The number of phenolic OH excluding ortho intramolecular Hbond substituents is 1. The number of nitriles is 1. The van der Waals surface area contributed by atoms with Crippen LogP contribution < -0.4 is 5.32 Å². The molecule has 0 spiro atoms. The predicted octanol–water partition coefficient (Wildman–Crippen LogP) is 6.34. The van der Waals surface area contributed by atoms with Crippen LogP contribution in [0.1, 0.15) is 48.8 Å². The molecule has 8 nitrogen and oxygen atoms in total. The number of rotatable bonds is 12. The van der Waals surface area contributed by atoms with E-state index in [-0.39, 0.29) is 33.0 Å². The van der Waals surface area contributed by atoms with Gasteiger partial charge in [0.2, 0.25) is 0 Å². The number of anilines is 1. The molecule has 1 fully saturated rings. The standard InChI is InChI=1S/C32H29F3N2O6SSe/c33-32(34,35)43-44(40,41)27-19-26-29(21-12-16-25(38)17-13-21)30(31(27,42-26)23-7-3-1-4-8-23)22-10-14-24(15-11-22)37-28(39)9-5-2-6-18-45-20-36/h1,3-4,7-8,10-17,26-27,38H,2,5-6,9,18-19H2,(H,37,39). The van der Waals surface area contributed by atoms with E-state index in [2.05, 4.69) is 14.5 Å². The predicted molar refractivity (Wildman–Crippen MR) is 162 cm³/mol. The number of benzene rings is 3. The average molecular weight is 706 g/mol. The van der Waals surface area contributed by atoms with E-state index in [1.54, 1.807) is 66.7 Å². The molecular formula is C32H29F3N2O6SSe. The molecule has 2 bridgehead atoms. The van der Waals surface area contributed by atoms with Gasteiger partial charge < -0.3 is 9.84 Å². The van der Waals surface area contributed by atoms with Crippen LogP contribution in [-0.4, -0.2) is 52.1 Å². The number of unbranched alkanes of at least 4 members (excludes halogenated alkanes) is 2. The minimum atomic E-state index is -5.43. The third-order valence-corrected chi connectivity index (χ3v) is 10.7. The summed E-state index contributed by atoms with van der Waals surface area (Å²) in [6, 6.07) is 21.0. The van der Waals surface area contributed by atoms with Gasteiger partial charge in [-0.05, 0) is 28.8 Å². The third-order valence-electron chi connectivity index (χ3n) is 7.78. The van der Waals surface area contributed by atoms with Gasteiger partial charge in [0.25, 0.3) is 10.1 Å². The first kappa shape index (κ1) is 32.7. The number of hydrogen-bond donors (Lipinski definition) is 2. The number of nitrogens with zero attached hydrogens (tertiary/aromatic N) is 1. The summed E-state index contributed by atoms with van der Waals surface area (Å²) in [5, 5.41) is 20.5. The molecule has 0 radical (unpaired) electrons. The van der Waals surface area contributed by atoms with Crippen molar-refractivity contribution in [2.24, 2.45) is 0 Å². The van der Waals surface area contributed by atoms with Gasteiger partial charge in [-0.3, -0.25) is 0 Å². The van der Waals surface area contributed by atoms with Crippen molar-refractivity contribution in [3.05, 3.63) is 95.6 Å². The number of hydrogen-bond acceptors (Lipinski definition) is 7. The number of carbonyl (C=O) groups excluding carboxylic acids is 1. The SMILES string of the molecule is N#C[Se]CCCCCC(=O)Nc1ccc(C2=C(c3ccc(O)cc3)C3CC(S(=O)(=O)OC(F)(F)F)C2(c2ccccc2)O3)cc1. The van der Waals surface area contributed by atoms with Crippen LogP contribution >= 0.6 is 0 Å². The summed E-state index contributed by atoms with van der Waals surface area (Å²) in [6.45, 7) is 0. The Morgan fingerprint density at radius 1 is 1.02 bits per heavy atom. The summed E-state index contributed by atoms with van der Waals surface area (Å²) in [5.74, 6) is -0.179. The van der Waals surface area contributed by atoms with Gasteiger partial charge in [-0.25, -0.2) is 0 Å². The second-order valence-electron chi connectivity index (χ2n) is 10.7. The van der Waals surface area contributed by atoms with E-state index in [4.69, 9.17) is 10.00 Å². The van der Waals surface area contributed by atoms with E-state index < -0.39 is 33.4 Å². The van der Waals surface area contributed by atoms with Crippen molar-refractivity contribution in [1.82, 2.24) is 0 Å².